The predicted molar refractivity (Wildman–Crippen MR) is 87.1 cm³/mol. The van der Waals surface area contributed by atoms with Crippen LogP contribution in [0, 0.1) is 5.41 Å². The Morgan fingerprint density at radius 2 is 1.76 bits per heavy atom. The molecule has 1 amide bonds. The van der Waals surface area contributed by atoms with Crippen LogP contribution in [0.2, 0.25) is 0 Å². The SMILES string of the molecule is CC(CN1CCCCC1)NC(=O)CC1(CN)CCCCC1. The van der Waals surface area contributed by atoms with Crippen LogP contribution in [0.4, 0.5) is 0 Å². The second-order valence-electron chi connectivity index (χ2n) is 7.27. The third-order valence-electron chi connectivity index (χ3n) is 5.27. The largest absolute Gasteiger partial charge is 0.352 e. The molecule has 1 unspecified atom stereocenters. The molecule has 0 aromatic rings. The molecule has 1 aliphatic carbocycles. The van der Waals surface area contributed by atoms with Gasteiger partial charge >= 0.3 is 0 Å². The van der Waals surface area contributed by atoms with E-state index in [2.05, 4.69) is 17.1 Å². The van der Waals surface area contributed by atoms with Crippen LogP contribution in [0.1, 0.15) is 64.7 Å². The van der Waals surface area contributed by atoms with E-state index in [9.17, 15) is 4.79 Å². The van der Waals surface area contributed by atoms with Crippen LogP contribution in [0.25, 0.3) is 0 Å². The summed E-state index contributed by atoms with van der Waals surface area (Å²) in [5.41, 5.74) is 6.06. The van der Waals surface area contributed by atoms with Crippen molar-refractivity contribution in [2.24, 2.45) is 11.1 Å². The fourth-order valence-electron chi connectivity index (χ4n) is 4.00. The van der Waals surface area contributed by atoms with E-state index in [0.717, 1.165) is 19.4 Å². The summed E-state index contributed by atoms with van der Waals surface area (Å²) in [5, 5.41) is 3.20. The highest BCUT2D eigenvalue weighted by Crippen LogP contribution is 2.38. The van der Waals surface area contributed by atoms with Crippen LogP contribution in [0.3, 0.4) is 0 Å². The highest BCUT2D eigenvalue weighted by Gasteiger charge is 2.33. The molecule has 0 aromatic carbocycles. The van der Waals surface area contributed by atoms with Crippen molar-refractivity contribution < 1.29 is 4.79 Å². The van der Waals surface area contributed by atoms with Crippen molar-refractivity contribution in [2.75, 3.05) is 26.2 Å². The summed E-state index contributed by atoms with van der Waals surface area (Å²) < 4.78 is 0. The molecule has 0 spiro atoms. The molecule has 0 aromatic heterocycles. The molecule has 2 aliphatic rings. The van der Waals surface area contributed by atoms with Gasteiger partial charge in [0.1, 0.15) is 0 Å². The number of nitrogens with one attached hydrogen (secondary N) is 1. The molecule has 122 valence electrons. The first-order chi connectivity index (χ1) is 10.1. The van der Waals surface area contributed by atoms with Gasteiger partial charge in [-0.25, -0.2) is 0 Å². The number of hydrogen-bond acceptors (Lipinski definition) is 3. The summed E-state index contributed by atoms with van der Waals surface area (Å²) in [6, 6.07) is 0.244. The van der Waals surface area contributed by atoms with Gasteiger partial charge in [-0.15, -0.1) is 0 Å². The fraction of sp³-hybridized carbons (Fsp3) is 0.941. The highest BCUT2D eigenvalue weighted by atomic mass is 16.1. The second-order valence-corrected chi connectivity index (χ2v) is 7.27. The molecule has 1 aliphatic heterocycles. The Balaban J connectivity index is 1.74. The van der Waals surface area contributed by atoms with Gasteiger partial charge in [0, 0.05) is 19.0 Å². The smallest absolute Gasteiger partial charge is 0.220 e. The number of hydrogen-bond donors (Lipinski definition) is 2. The van der Waals surface area contributed by atoms with Crippen molar-refractivity contribution in [2.45, 2.75) is 70.8 Å². The predicted octanol–water partition coefficient (Wildman–Crippen LogP) is 2.28. The van der Waals surface area contributed by atoms with Crippen LogP contribution in [0.5, 0.6) is 0 Å². The maximum absolute atomic E-state index is 12.3. The molecule has 1 saturated carbocycles. The number of carbonyl (C=O) groups is 1. The van der Waals surface area contributed by atoms with Crippen LogP contribution in [-0.2, 0) is 4.79 Å². The summed E-state index contributed by atoms with van der Waals surface area (Å²) in [6.07, 6.45) is 10.6. The van der Waals surface area contributed by atoms with Crippen LogP contribution < -0.4 is 11.1 Å². The molecule has 2 fully saturated rings. The minimum atomic E-state index is 0.0766. The van der Waals surface area contributed by atoms with Gasteiger partial charge < -0.3 is 16.0 Å². The summed E-state index contributed by atoms with van der Waals surface area (Å²) in [5.74, 6) is 0.201. The summed E-state index contributed by atoms with van der Waals surface area (Å²) in [4.78, 5) is 14.8. The van der Waals surface area contributed by atoms with Gasteiger partial charge in [-0.3, -0.25) is 4.79 Å². The summed E-state index contributed by atoms with van der Waals surface area (Å²) in [7, 11) is 0. The van der Waals surface area contributed by atoms with Crippen molar-refractivity contribution in [3.05, 3.63) is 0 Å². The van der Waals surface area contributed by atoms with Gasteiger partial charge in [-0.2, -0.15) is 0 Å². The van der Waals surface area contributed by atoms with Crippen LogP contribution in [0.15, 0.2) is 0 Å². The average molecular weight is 295 g/mol. The Bertz CT molecular complexity index is 320. The molecular formula is C17H33N3O. The molecule has 1 atom stereocenters. The topological polar surface area (TPSA) is 58.4 Å². The number of rotatable bonds is 6. The summed E-state index contributed by atoms with van der Waals surface area (Å²) in [6.45, 7) is 6.14. The number of nitrogens with two attached hydrogens (primary N) is 1. The molecule has 3 N–H and O–H groups in total. The normalized spacial score (nSPS) is 24.5. The van der Waals surface area contributed by atoms with E-state index < -0.39 is 0 Å². The number of amides is 1. The molecule has 1 saturated heterocycles. The maximum Gasteiger partial charge on any atom is 0.220 e. The van der Waals surface area contributed by atoms with Crippen molar-refractivity contribution in [3.63, 3.8) is 0 Å². The minimum absolute atomic E-state index is 0.0766. The van der Waals surface area contributed by atoms with E-state index in [4.69, 9.17) is 5.73 Å². The zero-order chi connectivity index (χ0) is 15.1. The van der Waals surface area contributed by atoms with E-state index in [0.29, 0.717) is 13.0 Å². The average Bonchev–Trinajstić information content (AvgIpc) is 2.48. The van der Waals surface area contributed by atoms with Gasteiger partial charge in [0.05, 0.1) is 0 Å². The van der Waals surface area contributed by atoms with Crippen molar-refractivity contribution in [3.8, 4) is 0 Å². The molecule has 1 heterocycles. The maximum atomic E-state index is 12.3. The lowest BCUT2D eigenvalue weighted by atomic mass is 9.71. The zero-order valence-corrected chi connectivity index (χ0v) is 13.7. The highest BCUT2D eigenvalue weighted by molar-refractivity contribution is 5.77. The van der Waals surface area contributed by atoms with Gasteiger partial charge in [-0.1, -0.05) is 25.7 Å². The van der Waals surface area contributed by atoms with E-state index >= 15 is 0 Å². The number of likely N-dealkylation sites (tertiary alicyclic amines) is 1. The first-order valence-electron chi connectivity index (χ1n) is 8.85. The fourth-order valence-corrected chi connectivity index (χ4v) is 4.00. The lowest BCUT2D eigenvalue weighted by Crippen LogP contribution is -2.46. The van der Waals surface area contributed by atoms with E-state index in [-0.39, 0.29) is 17.4 Å². The Labute approximate surface area is 129 Å². The van der Waals surface area contributed by atoms with Crippen molar-refractivity contribution in [1.29, 1.82) is 0 Å². The molecule has 4 heteroatoms. The Morgan fingerprint density at radius 1 is 1.14 bits per heavy atom. The Kier molecular flexibility index (Phi) is 6.49. The summed E-state index contributed by atoms with van der Waals surface area (Å²) >= 11 is 0. The lowest BCUT2D eigenvalue weighted by molar-refractivity contribution is -0.124. The van der Waals surface area contributed by atoms with Crippen LogP contribution in [-0.4, -0.2) is 43.0 Å². The lowest BCUT2D eigenvalue weighted by Gasteiger charge is -2.36. The van der Waals surface area contributed by atoms with Crippen molar-refractivity contribution in [1.82, 2.24) is 10.2 Å². The van der Waals surface area contributed by atoms with E-state index in [1.165, 1.54) is 51.6 Å². The third kappa shape index (κ3) is 5.26. The minimum Gasteiger partial charge on any atom is -0.352 e. The third-order valence-corrected chi connectivity index (χ3v) is 5.27. The monoisotopic (exact) mass is 295 g/mol. The molecular weight excluding hydrogens is 262 g/mol. The molecule has 21 heavy (non-hydrogen) atoms. The molecule has 0 bridgehead atoms. The number of nitrogens with zero attached hydrogens (tertiary/aromatic N) is 1. The number of piperidine rings is 1. The molecule has 2 rings (SSSR count). The Hall–Kier alpha value is -0.610. The van der Waals surface area contributed by atoms with Gasteiger partial charge in [0.2, 0.25) is 5.91 Å². The quantitative estimate of drug-likeness (QED) is 0.790. The molecule has 4 nitrogen and oxygen atoms in total. The second kappa shape index (κ2) is 8.14. The van der Waals surface area contributed by atoms with E-state index in [1.807, 2.05) is 0 Å². The van der Waals surface area contributed by atoms with Crippen molar-refractivity contribution >= 4 is 5.91 Å². The molecule has 0 radical (unpaired) electrons. The first-order valence-corrected chi connectivity index (χ1v) is 8.85. The van der Waals surface area contributed by atoms with E-state index in [1.54, 1.807) is 0 Å². The van der Waals surface area contributed by atoms with Crippen LogP contribution >= 0.6 is 0 Å². The number of carbonyl (C=O) groups excluding carboxylic acids is 1. The Morgan fingerprint density at radius 3 is 2.38 bits per heavy atom. The van der Waals surface area contributed by atoms with Gasteiger partial charge in [0.15, 0.2) is 0 Å². The zero-order valence-electron chi connectivity index (χ0n) is 13.7. The van der Waals surface area contributed by atoms with Gasteiger partial charge in [0.25, 0.3) is 0 Å². The first kappa shape index (κ1) is 16.8. The van der Waals surface area contributed by atoms with Gasteiger partial charge in [-0.05, 0) is 57.7 Å². The standard InChI is InChI=1S/C17H33N3O/c1-15(13-20-10-6-3-7-11-20)19-16(21)12-17(14-18)8-4-2-5-9-17/h15H,2-14,18H2,1H3,(H,19,21).